The van der Waals surface area contributed by atoms with Crippen LogP contribution in [-0.4, -0.2) is 16.0 Å². The molecule has 0 saturated carbocycles. The largest absolute Gasteiger partial charge is 0.459 e. The van der Waals surface area contributed by atoms with Gasteiger partial charge in [0.05, 0.1) is 12.8 Å². The molecule has 0 fully saturated rings. The number of hydrogen-bond acceptors (Lipinski definition) is 5. The summed E-state index contributed by atoms with van der Waals surface area (Å²) in [5.74, 6) is 1.03. The van der Waals surface area contributed by atoms with Gasteiger partial charge in [0.2, 0.25) is 5.89 Å². The molecule has 0 aromatic carbocycles. The molecule has 0 unspecified atom stereocenters. The van der Waals surface area contributed by atoms with Gasteiger partial charge >= 0.3 is 0 Å². The van der Waals surface area contributed by atoms with Crippen LogP contribution >= 0.6 is 0 Å². The molecule has 1 amide bonds. The van der Waals surface area contributed by atoms with Crippen LogP contribution in [0.4, 0.5) is 0 Å². The molecule has 0 aliphatic heterocycles. The van der Waals surface area contributed by atoms with Crippen molar-refractivity contribution in [3.8, 4) is 0 Å². The first-order valence-electron chi connectivity index (χ1n) is 5.42. The van der Waals surface area contributed by atoms with Crippen LogP contribution in [-0.2, 0) is 13.0 Å². The highest BCUT2D eigenvalue weighted by Crippen LogP contribution is 2.02. The Labute approximate surface area is 98.0 Å². The first kappa shape index (κ1) is 11.4. The summed E-state index contributed by atoms with van der Waals surface area (Å²) in [6.07, 6.45) is 3.14. The maximum Gasteiger partial charge on any atom is 0.287 e. The molecule has 0 radical (unpaired) electrons. The van der Waals surface area contributed by atoms with Gasteiger partial charge in [0.25, 0.3) is 5.91 Å². The number of furan rings is 1. The third kappa shape index (κ3) is 2.93. The lowest BCUT2D eigenvalue weighted by Crippen LogP contribution is -2.22. The number of hydrogen-bond donors (Lipinski definition) is 1. The van der Waals surface area contributed by atoms with E-state index in [0.717, 1.165) is 12.8 Å². The number of rotatable bonds is 5. The van der Waals surface area contributed by atoms with E-state index in [1.807, 2.05) is 6.92 Å². The van der Waals surface area contributed by atoms with Gasteiger partial charge in [-0.1, -0.05) is 12.1 Å². The van der Waals surface area contributed by atoms with Crippen LogP contribution in [0.2, 0.25) is 0 Å². The predicted molar refractivity (Wildman–Crippen MR) is 58.2 cm³/mol. The maximum absolute atomic E-state index is 11.5. The average Bonchev–Trinajstić information content (AvgIpc) is 2.97. The highest BCUT2D eigenvalue weighted by atomic mass is 16.5. The fourth-order valence-corrected chi connectivity index (χ4v) is 1.33. The minimum atomic E-state index is -0.295. The minimum absolute atomic E-state index is 0.229. The zero-order chi connectivity index (χ0) is 12.1. The Morgan fingerprint density at radius 1 is 1.53 bits per heavy atom. The molecule has 2 rings (SSSR count). The lowest BCUT2D eigenvalue weighted by atomic mass is 10.3. The van der Waals surface area contributed by atoms with Crippen molar-refractivity contribution in [2.75, 3.05) is 0 Å². The van der Waals surface area contributed by atoms with Crippen molar-refractivity contribution in [1.29, 1.82) is 0 Å². The molecule has 0 spiro atoms. The van der Waals surface area contributed by atoms with Crippen LogP contribution in [0, 0.1) is 0 Å². The Hall–Kier alpha value is -2.11. The summed E-state index contributed by atoms with van der Waals surface area (Å²) in [7, 11) is 0. The van der Waals surface area contributed by atoms with Crippen LogP contribution in [0.1, 0.15) is 35.6 Å². The topological polar surface area (TPSA) is 81.2 Å². The molecular weight excluding hydrogens is 222 g/mol. The van der Waals surface area contributed by atoms with E-state index in [2.05, 4.69) is 15.5 Å². The lowest BCUT2D eigenvalue weighted by molar-refractivity contribution is 0.0922. The Morgan fingerprint density at radius 2 is 2.41 bits per heavy atom. The molecular formula is C11H13N3O3. The third-order valence-corrected chi connectivity index (χ3v) is 2.13. The van der Waals surface area contributed by atoms with E-state index in [4.69, 9.17) is 8.94 Å². The van der Waals surface area contributed by atoms with Gasteiger partial charge in [-0.3, -0.25) is 4.79 Å². The highest BCUT2D eigenvalue weighted by molar-refractivity contribution is 5.91. The van der Waals surface area contributed by atoms with Gasteiger partial charge in [-0.25, -0.2) is 0 Å². The van der Waals surface area contributed by atoms with Gasteiger partial charge in [-0.2, -0.15) is 4.98 Å². The Balaban J connectivity index is 1.87. The Bertz CT molecular complexity index is 476. The van der Waals surface area contributed by atoms with Gasteiger partial charge in [0.15, 0.2) is 11.6 Å². The lowest BCUT2D eigenvalue weighted by Gasteiger charge is -1.97. The number of aromatic nitrogens is 2. The van der Waals surface area contributed by atoms with E-state index < -0.39 is 0 Å². The van der Waals surface area contributed by atoms with Gasteiger partial charge in [0.1, 0.15) is 0 Å². The summed E-state index contributed by atoms with van der Waals surface area (Å²) in [5.41, 5.74) is 0. The second-order valence-corrected chi connectivity index (χ2v) is 3.51. The van der Waals surface area contributed by atoms with Gasteiger partial charge in [0, 0.05) is 6.42 Å². The minimum Gasteiger partial charge on any atom is -0.459 e. The smallest absolute Gasteiger partial charge is 0.287 e. The fourth-order valence-electron chi connectivity index (χ4n) is 1.33. The van der Waals surface area contributed by atoms with E-state index in [0.29, 0.717) is 11.7 Å². The summed E-state index contributed by atoms with van der Waals surface area (Å²) >= 11 is 0. The van der Waals surface area contributed by atoms with E-state index in [-0.39, 0.29) is 18.2 Å². The first-order valence-corrected chi connectivity index (χ1v) is 5.42. The van der Waals surface area contributed by atoms with Crippen molar-refractivity contribution in [2.24, 2.45) is 0 Å². The number of carbonyl (C=O) groups excluding carboxylic acids is 1. The number of nitrogens with one attached hydrogen (secondary N) is 1. The van der Waals surface area contributed by atoms with Crippen LogP contribution in [0.5, 0.6) is 0 Å². The second-order valence-electron chi connectivity index (χ2n) is 3.51. The summed E-state index contributed by atoms with van der Waals surface area (Å²) in [6.45, 7) is 2.26. The zero-order valence-corrected chi connectivity index (χ0v) is 9.47. The molecule has 1 N–H and O–H groups in total. The molecule has 90 valence electrons. The maximum atomic E-state index is 11.5. The highest BCUT2D eigenvalue weighted by Gasteiger charge is 2.10. The second kappa shape index (κ2) is 5.29. The SMILES string of the molecule is CCCc1nc(CNC(=O)c2ccco2)no1. The molecule has 0 aliphatic carbocycles. The summed E-state index contributed by atoms with van der Waals surface area (Å²) in [4.78, 5) is 15.7. The molecule has 2 aromatic rings. The quantitative estimate of drug-likeness (QED) is 0.850. The molecule has 0 bridgehead atoms. The van der Waals surface area contributed by atoms with Gasteiger partial charge in [-0.15, -0.1) is 0 Å². The first-order chi connectivity index (χ1) is 8.29. The molecule has 6 heteroatoms. The number of nitrogens with zero attached hydrogens (tertiary/aromatic N) is 2. The van der Waals surface area contributed by atoms with Crippen LogP contribution in [0.3, 0.4) is 0 Å². The number of amides is 1. The molecule has 6 nitrogen and oxygen atoms in total. The Morgan fingerprint density at radius 3 is 3.12 bits per heavy atom. The summed E-state index contributed by atoms with van der Waals surface area (Å²) in [5, 5.41) is 6.40. The zero-order valence-electron chi connectivity index (χ0n) is 9.47. The monoisotopic (exact) mass is 235 g/mol. The van der Waals surface area contributed by atoms with E-state index in [1.165, 1.54) is 6.26 Å². The van der Waals surface area contributed by atoms with E-state index in [9.17, 15) is 4.79 Å². The van der Waals surface area contributed by atoms with Crippen molar-refractivity contribution in [3.05, 3.63) is 35.9 Å². The van der Waals surface area contributed by atoms with Gasteiger partial charge < -0.3 is 14.3 Å². The molecule has 2 heterocycles. The Kier molecular flexibility index (Phi) is 3.54. The van der Waals surface area contributed by atoms with Crippen molar-refractivity contribution < 1.29 is 13.7 Å². The molecule has 0 saturated heterocycles. The van der Waals surface area contributed by atoms with E-state index in [1.54, 1.807) is 12.1 Å². The van der Waals surface area contributed by atoms with Crippen molar-refractivity contribution in [1.82, 2.24) is 15.5 Å². The normalized spacial score (nSPS) is 10.4. The molecule has 0 aliphatic rings. The summed E-state index contributed by atoms with van der Waals surface area (Å²) in [6, 6.07) is 3.25. The van der Waals surface area contributed by atoms with Crippen molar-refractivity contribution in [2.45, 2.75) is 26.3 Å². The van der Waals surface area contributed by atoms with Crippen LogP contribution in [0.25, 0.3) is 0 Å². The standard InChI is InChI=1S/C11H13N3O3/c1-2-4-10-13-9(14-17-10)7-12-11(15)8-5-3-6-16-8/h3,5-6H,2,4,7H2,1H3,(H,12,15). The molecule has 0 atom stereocenters. The number of aryl methyl sites for hydroxylation is 1. The molecule has 17 heavy (non-hydrogen) atoms. The van der Waals surface area contributed by atoms with E-state index >= 15 is 0 Å². The molecule has 2 aromatic heterocycles. The fraction of sp³-hybridized carbons (Fsp3) is 0.364. The van der Waals surface area contributed by atoms with Crippen molar-refractivity contribution >= 4 is 5.91 Å². The average molecular weight is 235 g/mol. The van der Waals surface area contributed by atoms with Crippen molar-refractivity contribution in [3.63, 3.8) is 0 Å². The number of carbonyl (C=O) groups is 1. The van der Waals surface area contributed by atoms with Crippen LogP contribution < -0.4 is 5.32 Å². The van der Waals surface area contributed by atoms with Crippen LogP contribution in [0.15, 0.2) is 27.3 Å². The predicted octanol–water partition coefficient (Wildman–Crippen LogP) is 1.55. The summed E-state index contributed by atoms with van der Waals surface area (Å²) < 4.78 is 9.94. The van der Waals surface area contributed by atoms with Gasteiger partial charge in [-0.05, 0) is 18.6 Å². The third-order valence-electron chi connectivity index (χ3n) is 2.13.